The van der Waals surface area contributed by atoms with Crippen molar-refractivity contribution in [3.8, 4) is 5.69 Å². The van der Waals surface area contributed by atoms with Gasteiger partial charge in [-0.05, 0) is 35.4 Å². The van der Waals surface area contributed by atoms with Gasteiger partial charge in [-0.2, -0.15) is 5.10 Å². The highest BCUT2D eigenvalue weighted by Gasteiger charge is 2.48. The lowest BCUT2D eigenvalue weighted by Crippen LogP contribution is -2.39. The summed E-state index contributed by atoms with van der Waals surface area (Å²) in [6, 6.07) is 21.0. The van der Waals surface area contributed by atoms with E-state index in [1.807, 2.05) is 30.3 Å². The Morgan fingerprint density at radius 2 is 1.50 bits per heavy atom. The lowest BCUT2D eigenvalue weighted by atomic mass is 9.85. The van der Waals surface area contributed by atoms with Crippen LogP contribution in [0.5, 0.6) is 0 Å². The van der Waals surface area contributed by atoms with Crippen LogP contribution in [0.1, 0.15) is 17.3 Å². The molecule has 4 aromatic rings. The van der Waals surface area contributed by atoms with Crippen molar-refractivity contribution in [3.63, 3.8) is 0 Å². The van der Waals surface area contributed by atoms with Crippen molar-refractivity contribution < 1.29 is 18.3 Å². The first-order valence-corrected chi connectivity index (χ1v) is 8.75. The lowest BCUT2D eigenvalue weighted by Gasteiger charge is -2.31. The Labute approximate surface area is 159 Å². The van der Waals surface area contributed by atoms with Crippen LogP contribution in [0.25, 0.3) is 16.6 Å². The Morgan fingerprint density at radius 1 is 0.857 bits per heavy atom. The van der Waals surface area contributed by atoms with Crippen LogP contribution < -0.4 is 0 Å². The Morgan fingerprint density at radius 3 is 2.14 bits per heavy atom. The van der Waals surface area contributed by atoms with E-state index in [1.165, 1.54) is 36.4 Å². The number of hydrogen-bond acceptors (Lipinski definition) is 2. The number of hydrogen-bond donors (Lipinski definition) is 1. The fraction of sp³-hybridized carbons (Fsp3) is 0.136. The summed E-state index contributed by atoms with van der Waals surface area (Å²) in [4.78, 5) is 0. The minimum absolute atomic E-state index is 0.0354. The van der Waals surface area contributed by atoms with Gasteiger partial charge in [-0.15, -0.1) is 0 Å². The summed E-state index contributed by atoms with van der Waals surface area (Å²) in [5, 5.41) is 15.5. The average molecular weight is 382 g/mol. The van der Waals surface area contributed by atoms with Crippen LogP contribution >= 0.6 is 0 Å². The average Bonchev–Trinajstić information content (AvgIpc) is 3.17. The highest BCUT2D eigenvalue weighted by atomic mass is 19.3. The zero-order chi connectivity index (χ0) is 19.7. The van der Waals surface area contributed by atoms with Gasteiger partial charge in [0.2, 0.25) is 0 Å². The van der Waals surface area contributed by atoms with E-state index in [9.17, 15) is 13.9 Å². The molecule has 0 radical (unpaired) electrons. The zero-order valence-corrected chi connectivity index (χ0v) is 14.7. The molecule has 0 spiro atoms. The molecule has 142 valence electrons. The summed E-state index contributed by atoms with van der Waals surface area (Å²) in [5.41, 5.74) is -1.60. The van der Waals surface area contributed by atoms with Crippen molar-refractivity contribution in [2.45, 2.75) is 18.2 Å². The number of aromatic nitrogens is 2. The Hall–Kier alpha value is -3.12. The van der Waals surface area contributed by atoms with Gasteiger partial charge < -0.3 is 5.11 Å². The third-order valence-electron chi connectivity index (χ3n) is 4.84. The summed E-state index contributed by atoms with van der Waals surface area (Å²) in [5.74, 6) is 0. The molecular weight excluding hydrogens is 365 g/mol. The van der Waals surface area contributed by atoms with E-state index < -0.39 is 18.2 Å². The van der Waals surface area contributed by atoms with Crippen molar-refractivity contribution in [1.82, 2.24) is 9.78 Å². The van der Waals surface area contributed by atoms with Crippen LogP contribution in [-0.2, 0) is 5.60 Å². The maximum absolute atomic E-state index is 15.2. The molecule has 1 aromatic heterocycles. The second-order valence-electron chi connectivity index (χ2n) is 6.56. The molecule has 1 heterocycles. The van der Waals surface area contributed by atoms with E-state index in [-0.39, 0.29) is 11.1 Å². The van der Waals surface area contributed by atoms with Crippen LogP contribution in [0.15, 0.2) is 85.1 Å². The first-order valence-electron chi connectivity index (χ1n) is 8.75. The maximum Gasteiger partial charge on any atom is 0.274 e. The van der Waals surface area contributed by atoms with Gasteiger partial charge in [-0.25, -0.2) is 17.9 Å². The van der Waals surface area contributed by atoms with Gasteiger partial charge in [-0.1, -0.05) is 54.6 Å². The van der Waals surface area contributed by atoms with Gasteiger partial charge in [0.15, 0.2) is 11.8 Å². The molecule has 3 aromatic carbocycles. The van der Waals surface area contributed by atoms with Crippen LogP contribution in [0, 0.1) is 0 Å². The molecule has 0 fully saturated rings. The number of fused-ring (bicyclic) bond motifs is 1. The molecule has 4 rings (SSSR count). The minimum Gasteiger partial charge on any atom is -0.376 e. The number of halogens is 3. The summed E-state index contributed by atoms with van der Waals surface area (Å²) in [6.07, 6.45) is -4.06. The maximum atomic E-state index is 15.2. The summed E-state index contributed by atoms with van der Waals surface area (Å²) < 4.78 is 44.4. The van der Waals surface area contributed by atoms with E-state index in [2.05, 4.69) is 5.10 Å². The molecule has 0 saturated heterocycles. The third kappa shape index (κ3) is 2.96. The molecule has 0 saturated carbocycles. The lowest BCUT2D eigenvalue weighted by molar-refractivity contribution is -0.148. The predicted octanol–water partition coefficient (Wildman–Crippen LogP) is 5.19. The standard InChI is InChI=1S/C22H17F3N2O/c23-20(22(28,21(24)25)17-7-3-1-4-8-17)15-11-12-19-16(13-15)14-26-27(19)18-9-5-2-6-10-18/h1-14,20-21,28H. The topological polar surface area (TPSA) is 38.1 Å². The quantitative estimate of drug-likeness (QED) is 0.516. The first kappa shape index (κ1) is 18.3. The number of para-hydroxylation sites is 1. The van der Waals surface area contributed by atoms with Crippen LogP contribution in [-0.4, -0.2) is 21.3 Å². The van der Waals surface area contributed by atoms with Crippen molar-refractivity contribution in [2.75, 3.05) is 0 Å². The molecule has 1 N–H and O–H groups in total. The summed E-state index contributed by atoms with van der Waals surface area (Å²) >= 11 is 0. The van der Waals surface area contributed by atoms with Gasteiger partial charge in [0.05, 0.1) is 17.4 Å². The van der Waals surface area contributed by atoms with E-state index in [0.29, 0.717) is 10.9 Å². The SMILES string of the molecule is OC(c1ccccc1)(C(F)F)C(F)c1ccc2c(cnn2-c2ccccc2)c1. The molecule has 6 heteroatoms. The number of benzene rings is 3. The Bertz CT molecular complexity index is 1080. The van der Waals surface area contributed by atoms with Gasteiger partial charge >= 0.3 is 0 Å². The van der Waals surface area contributed by atoms with Crippen molar-refractivity contribution in [3.05, 3.63) is 96.2 Å². The van der Waals surface area contributed by atoms with E-state index in [4.69, 9.17) is 0 Å². The van der Waals surface area contributed by atoms with E-state index in [0.717, 1.165) is 5.69 Å². The molecule has 0 bridgehead atoms. The normalized spacial score (nSPS) is 14.9. The highest BCUT2D eigenvalue weighted by Crippen LogP contribution is 2.43. The fourth-order valence-electron chi connectivity index (χ4n) is 3.33. The molecule has 0 aliphatic heterocycles. The van der Waals surface area contributed by atoms with Crippen molar-refractivity contribution in [1.29, 1.82) is 0 Å². The van der Waals surface area contributed by atoms with Crippen molar-refractivity contribution >= 4 is 10.9 Å². The minimum atomic E-state index is -3.30. The second kappa shape index (κ2) is 7.13. The molecule has 0 aliphatic rings. The summed E-state index contributed by atoms with van der Waals surface area (Å²) in [6.45, 7) is 0. The number of alkyl halides is 3. The molecule has 3 nitrogen and oxygen atoms in total. The molecule has 28 heavy (non-hydrogen) atoms. The van der Waals surface area contributed by atoms with Gasteiger partial charge in [0.1, 0.15) is 0 Å². The van der Waals surface area contributed by atoms with E-state index >= 15 is 4.39 Å². The highest BCUT2D eigenvalue weighted by molar-refractivity contribution is 5.81. The van der Waals surface area contributed by atoms with Gasteiger partial charge in [0.25, 0.3) is 6.43 Å². The van der Waals surface area contributed by atoms with E-state index in [1.54, 1.807) is 23.0 Å². The molecule has 2 unspecified atom stereocenters. The predicted molar refractivity (Wildman–Crippen MR) is 101 cm³/mol. The third-order valence-corrected chi connectivity index (χ3v) is 4.84. The largest absolute Gasteiger partial charge is 0.376 e. The molecule has 2 atom stereocenters. The monoisotopic (exact) mass is 382 g/mol. The fourth-order valence-corrected chi connectivity index (χ4v) is 3.33. The van der Waals surface area contributed by atoms with Gasteiger partial charge in [-0.3, -0.25) is 0 Å². The molecule has 0 amide bonds. The molecular formula is C22H17F3N2O. The number of rotatable bonds is 5. The smallest absolute Gasteiger partial charge is 0.274 e. The number of nitrogens with zero attached hydrogens (tertiary/aromatic N) is 2. The Balaban J connectivity index is 1.76. The van der Waals surface area contributed by atoms with Crippen LogP contribution in [0.2, 0.25) is 0 Å². The van der Waals surface area contributed by atoms with Gasteiger partial charge in [0, 0.05) is 5.39 Å². The molecule has 0 aliphatic carbocycles. The zero-order valence-electron chi connectivity index (χ0n) is 14.7. The Kier molecular flexibility index (Phi) is 4.65. The number of aliphatic hydroxyl groups is 1. The van der Waals surface area contributed by atoms with Crippen molar-refractivity contribution in [2.24, 2.45) is 0 Å². The van der Waals surface area contributed by atoms with Crippen LogP contribution in [0.3, 0.4) is 0 Å². The summed E-state index contributed by atoms with van der Waals surface area (Å²) in [7, 11) is 0. The second-order valence-corrected chi connectivity index (χ2v) is 6.56. The van der Waals surface area contributed by atoms with Crippen LogP contribution in [0.4, 0.5) is 13.2 Å². The first-order chi connectivity index (χ1) is 13.5.